The summed E-state index contributed by atoms with van der Waals surface area (Å²) in [5, 5.41) is 8.12. The zero-order valence-electron chi connectivity index (χ0n) is 18.6. The number of thiophene rings is 1. The lowest BCUT2D eigenvalue weighted by Gasteiger charge is -2.34. The molecule has 8 heteroatoms. The van der Waals surface area contributed by atoms with Gasteiger partial charge in [0.25, 0.3) is 11.5 Å². The van der Waals surface area contributed by atoms with Crippen molar-refractivity contribution in [2.75, 3.05) is 13.1 Å². The van der Waals surface area contributed by atoms with Gasteiger partial charge in [0.05, 0.1) is 11.4 Å². The van der Waals surface area contributed by atoms with Crippen molar-refractivity contribution in [2.45, 2.75) is 71.8 Å². The maximum Gasteiger partial charge on any atom is 0.274 e. The van der Waals surface area contributed by atoms with Crippen LogP contribution in [-0.2, 0) is 12.8 Å². The van der Waals surface area contributed by atoms with Crippen molar-refractivity contribution in [3.8, 4) is 0 Å². The fourth-order valence-corrected chi connectivity index (χ4v) is 6.10. The molecule has 1 aliphatic heterocycles. The molecule has 1 unspecified atom stereocenters. The molecule has 0 aromatic carbocycles. The highest BCUT2D eigenvalue weighted by Crippen LogP contribution is 2.31. The van der Waals surface area contributed by atoms with Crippen LogP contribution in [0.5, 0.6) is 0 Å². The smallest absolute Gasteiger partial charge is 0.274 e. The molecule has 0 saturated carbocycles. The Balaban J connectivity index is 1.53. The number of carbonyl (C=O) groups is 1. The van der Waals surface area contributed by atoms with Gasteiger partial charge in [-0.05, 0) is 51.5 Å². The van der Waals surface area contributed by atoms with Gasteiger partial charge in [-0.25, -0.2) is 4.98 Å². The summed E-state index contributed by atoms with van der Waals surface area (Å²) < 4.78 is 1.89. The van der Waals surface area contributed by atoms with Crippen molar-refractivity contribution < 1.29 is 4.79 Å². The van der Waals surface area contributed by atoms with E-state index in [1.54, 1.807) is 11.3 Å². The molecule has 5 rings (SSSR count). The number of carbonyl (C=O) groups excluding carboxylic acids is 1. The van der Waals surface area contributed by atoms with Crippen LogP contribution < -0.4 is 5.56 Å². The van der Waals surface area contributed by atoms with Crippen LogP contribution in [0, 0.1) is 13.8 Å². The molecule has 0 spiro atoms. The Hall–Kier alpha value is -2.48. The van der Waals surface area contributed by atoms with Crippen LogP contribution in [0.1, 0.15) is 83.1 Å². The molecule has 4 heterocycles. The molecule has 0 bridgehead atoms. The number of rotatable bonds is 3. The number of aryl methyl sites for hydroxylation is 3. The maximum atomic E-state index is 13.7. The maximum absolute atomic E-state index is 13.7. The summed E-state index contributed by atoms with van der Waals surface area (Å²) in [6.45, 7) is 9.44. The van der Waals surface area contributed by atoms with Gasteiger partial charge < -0.3 is 4.90 Å². The lowest BCUT2D eigenvalue weighted by molar-refractivity contribution is 0.0668. The lowest BCUT2D eigenvalue weighted by Crippen LogP contribution is -2.44. The van der Waals surface area contributed by atoms with Crippen molar-refractivity contribution in [3.63, 3.8) is 0 Å². The quantitative estimate of drug-likeness (QED) is 0.671. The number of aromatic nitrogens is 4. The van der Waals surface area contributed by atoms with Gasteiger partial charge in [0.15, 0.2) is 5.69 Å². The molecule has 1 fully saturated rings. The largest absolute Gasteiger partial charge is 0.335 e. The summed E-state index contributed by atoms with van der Waals surface area (Å²) in [5.74, 6) is 0.930. The number of nitrogens with one attached hydrogen (secondary N) is 1. The Bertz CT molecular complexity index is 1240. The van der Waals surface area contributed by atoms with E-state index in [0.717, 1.165) is 69.8 Å². The van der Waals surface area contributed by atoms with Gasteiger partial charge >= 0.3 is 0 Å². The monoisotopic (exact) mass is 439 g/mol. The van der Waals surface area contributed by atoms with E-state index in [1.165, 1.54) is 0 Å². The van der Waals surface area contributed by atoms with Gasteiger partial charge in [0.2, 0.25) is 0 Å². The molecular weight excluding hydrogens is 410 g/mol. The number of fused-ring (bicyclic) bond motifs is 2. The van der Waals surface area contributed by atoms with Gasteiger partial charge in [-0.2, -0.15) is 5.10 Å². The summed E-state index contributed by atoms with van der Waals surface area (Å²) >= 11 is 1.59. The first-order valence-corrected chi connectivity index (χ1v) is 12.1. The second-order valence-corrected chi connectivity index (χ2v) is 10.4. The standard InChI is InChI=1S/C23H29N5O2S/c1-12(2)20-24-21-18(13(3)14(4)31-21)22(29)28(20)15-7-6-10-27(11-15)23(30)19-16-8-5-9-17(16)25-26-19/h12,15H,5-11H2,1-4H3,(H,25,26). The first-order chi connectivity index (χ1) is 14.9. The molecule has 1 saturated heterocycles. The summed E-state index contributed by atoms with van der Waals surface area (Å²) in [7, 11) is 0. The number of hydrogen-bond acceptors (Lipinski definition) is 5. The van der Waals surface area contributed by atoms with Gasteiger partial charge in [0, 0.05) is 35.1 Å². The van der Waals surface area contributed by atoms with Crippen LogP contribution in [0.2, 0.25) is 0 Å². The van der Waals surface area contributed by atoms with E-state index in [4.69, 9.17) is 4.98 Å². The van der Waals surface area contributed by atoms with E-state index in [-0.39, 0.29) is 23.4 Å². The fraction of sp³-hybridized carbons (Fsp3) is 0.565. The number of amides is 1. The fourth-order valence-electron chi connectivity index (χ4n) is 5.08. The van der Waals surface area contributed by atoms with Crippen molar-refractivity contribution in [1.29, 1.82) is 0 Å². The minimum Gasteiger partial charge on any atom is -0.335 e. The number of likely N-dealkylation sites (tertiary alicyclic amines) is 1. The third kappa shape index (κ3) is 3.23. The predicted octanol–water partition coefficient (Wildman–Crippen LogP) is 3.89. The molecule has 31 heavy (non-hydrogen) atoms. The minimum atomic E-state index is -0.0638. The Morgan fingerprint density at radius 2 is 2.03 bits per heavy atom. The van der Waals surface area contributed by atoms with Crippen LogP contribution in [0.4, 0.5) is 0 Å². The molecule has 164 valence electrons. The first-order valence-electron chi connectivity index (χ1n) is 11.2. The van der Waals surface area contributed by atoms with Gasteiger partial charge in [0.1, 0.15) is 10.7 Å². The summed E-state index contributed by atoms with van der Waals surface area (Å²) in [6.07, 6.45) is 4.70. The second kappa shape index (κ2) is 7.58. The number of piperidine rings is 1. The Kier molecular flexibility index (Phi) is 5.00. The van der Waals surface area contributed by atoms with Crippen molar-refractivity contribution in [2.24, 2.45) is 0 Å². The predicted molar refractivity (Wildman–Crippen MR) is 122 cm³/mol. The zero-order chi connectivity index (χ0) is 21.9. The van der Waals surface area contributed by atoms with Gasteiger partial charge in [-0.3, -0.25) is 19.3 Å². The number of aromatic amines is 1. The van der Waals surface area contributed by atoms with E-state index >= 15 is 0 Å². The van der Waals surface area contributed by atoms with E-state index in [2.05, 4.69) is 24.0 Å². The Morgan fingerprint density at radius 1 is 1.23 bits per heavy atom. The van der Waals surface area contributed by atoms with Crippen LogP contribution in [0.3, 0.4) is 0 Å². The number of nitrogens with zero attached hydrogens (tertiary/aromatic N) is 4. The van der Waals surface area contributed by atoms with Crippen LogP contribution >= 0.6 is 11.3 Å². The molecule has 3 aromatic heterocycles. The zero-order valence-corrected chi connectivity index (χ0v) is 19.4. The van der Waals surface area contributed by atoms with E-state index in [1.807, 2.05) is 23.3 Å². The SMILES string of the molecule is Cc1sc2nc(C(C)C)n(C3CCCN(C(=O)c4n[nH]c5c4CCC5)C3)c(=O)c2c1C. The van der Waals surface area contributed by atoms with Crippen LogP contribution in [0.15, 0.2) is 4.79 Å². The second-order valence-electron chi connectivity index (χ2n) is 9.19. The van der Waals surface area contributed by atoms with Gasteiger partial charge in [-0.1, -0.05) is 13.8 Å². The van der Waals surface area contributed by atoms with E-state index < -0.39 is 0 Å². The molecule has 2 aliphatic rings. The molecule has 3 aromatic rings. The number of hydrogen-bond donors (Lipinski definition) is 1. The van der Waals surface area contributed by atoms with Crippen molar-refractivity contribution >= 4 is 27.5 Å². The average molecular weight is 440 g/mol. The topological polar surface area (TPSA) is 83.9 Å². The van der Waals surface area contributed by atoms with Crippen molar-refractivity contribution in [3.05, 3.63) is 43.6 Å². The third-order valence-corrected chi connectivity index (χ3v) is 7.94. The molecule has 0 radical (unpaired) electrons. The first kappa shape index (κ1) is 20.4. The van der Waals surface area contributed by atoms with E-state index in [9.17, 15) is 9.59 Å². The molecule has 7 nitrogen and oxygen atoms in total. The normalized spacial score (nSPS) is 18.9. The van der Waals surface area contributed by atoms with Crippen molar-refractivity contribution in [1.82, 2.24) is 24.6 Å². The van der Waals surface area contributed by atoms with E-state index in [0.29, 0.717) is 18.8 Å². The average Bonchev–Trinajstić information content (AvgIpc) is 3.43. The van der Waals surface area contributed by atoms with Crippen LogP contribution in [0.25, 0.3) is 10.2 Å². The molecule has 1 N–H and O–H groups in total. The Morgan fingerprint density at radius 3 is 2.81 bits per heavy atom. The Labute approximate surface area is 185 Å². The highest BCUT2D eigenvalue weighted by molar-refractivity contribution is 7.18. The highest BCUT2D eigenvalue weighted by atomic mass is 32.1. The molecule has 1 atom stereocenters. The third-order valence-electron chi connectivity index (χ3n) is 6.84. The molecular formula is C23H29N5O2S. The van der Waals surface area contributed by atoms with Gasteiger partial charge in [-0.15, -0.1) is 11.3 Å². The highest BCUT2D eigenvalue weighted by Gasteiger charge is 2.32. The summed E-state index contributed by atoms with van der Waals surface area (Å²) in [4.78, 5) is 35.7. The summed E-state index contributed by atoms with van der Waals surface area (Å²) in [5.41, 5.74) is 3.82. The minimum absolute atomic E-state index is 0.0140. The summed E-state index contributed by atoms with van der Waals surface area (Å²) in [6, 6.07) is -0.0638. The molecule has 1 amide bonds. The lowest BCUT2D eigenvalue weighted by atomic mass is 10.0. The molecule has 1 aliphatic carbocycles. The number of H-pyrrole nitrogens is 1. The van der Waals surface area contributed by atoms with Crippen LogP contribution in [-0.4, -0.2) is 43.6 Å².